The number of carbonyl (C=O) groups is 1. The lowest BCUT2D eigenvalue weighted by Crippen LogP contribution is -2.33. The Kier molecular flexibility index (Phi) is 4.09. The van der Waals surface area contributed by atoms with Gasteiger partial charge in [0, 0.05) is 31.2 Å². The fourth-order valence-electron chi connectivity index (χ4n) is 1.70. The Hall–Kier alpha value is -1.42. The van der Waals surface area contributed by atoms with E-state index in [0.29, 0.717) is 12.5 Å². The summed E-state index contributed by atoms with van der Waals surface area (Å²) in [5.74, 6) is 0.500. The maximum absolute atomic E-state index is 11.4. The van der Waals surface area contributed by atoms with Crippen LogP contribution in [-0.4, -0.2) is 24.0 Å². The van der Waals surface area contributed by atoms with E-state index < -0.39 is 0 Å². The van der Waals surface area contributed by atoms with Gasteiger partial charge in [-0.3, -0.25) is 9.78 Å². The van der Waals surface area contributed by atoms with Crippen LogP contribution in [0, 0.1) is 5.92 Å². The third-order valence-corrected chi connectivity index (χ3v) is 2.95. The van der Waals surface area contributed by atoms with E-state index in [1.165, 1.54) is 0 Å². The molecule has 2 rings (SSSR count). The third kappa shape index (κ3) is 3.82. The van der Waals surface area contributed by atoms with Crippen molar-refractivity contribution in [3.05, 3.63) is 30.1 Å². The minimum atomic E-state index is 0.206. The summed E-state index contributed by atoms with van der Waals surface area (Å²) in [6.07, 6.45) is 3.91. The smallest absolute Gasteiger partial charge is 0.223 e. The molecule has 1 aromatic heterocycles. The van der Waals surface area contributed by atoms with Crippen molar-refractivity contribution in [2.75, 3.05) is 13.1 Å². The van der Waals surface area contributed by atoms with Gasteiger partial charge in [0.15, 0.2) is 0 Å². The van der Waals surface area contributed by atoms with Crippen molar-refractivity contribution in [1.29, 1.82) is 0 Å². The SMILES string of the molecule is CC(NCCNC(=O)C1CC1)c1ccccn1. The van der Waals surface area contributed by atoms with Gasteiger partial charge in [-0.1, -0.05) is 6.07 Å². The summed E-state index contributed by atoms with van der Waals surface area (Å²) in [6.45, 7) is 3.54. The van der Waals surface area contributed by atoms with Crippen molar-refractivity contribution in [2.24, 2.45) is 5.92 Å². The van der Waals surface area contributed by atoms with E-state index in [4.69, 9.17) is 0 Å². The Morgan fingerprint density at radius 2 is 2.29 bits per heavy atom. The number of nitrogens with zero attached hydrogens (tertiary/aromatic N) is 1. The topological polar surface area (TPSA) is 54.0 Å². The summed E-state index contributed by atoms with van der Waals surface area (Å²) in [7, 11) is 0. The van der Waals surface area contributed by atoms with Gasteiger partial charge >= 0.3 is 0 Å². The van der Waals surface area contributed by atoms with E-state index in [1.807, 2.05) is 18.2 Å². The molecule has 2 N–H and O–H groups in total. The minimum Gasteiger partial charge on any atom is -0.355 e. The normalized spacial score (nSPS) is 16.5. The fraction of sp³-hybridized carbons (Fsp3) is 0.538. The number of nitrogens with one attached hydrogen (secondary N) is 2. The molecular weight excluding hydrogens is 214 g/mol. The molecular formula is C13H19N3O. The highest BCUT2D eigenvalue weighted by Crippen LogP contribution is 2.28. The quantitative estimate of drug-likeness (QED) is 0.727. The minimum absolute atomic E-state index is 0.206. The zero-order chi connectivity index (χ0) is 12.1. The lowest BCUT2D eigenvalue weighted by atomic mass is 10.2. The maximum atomic E-state index is 11.4. The van der Waals surface area contributed by atoms with Crippen LogP contribution in [0.4, 0.5) is 0 Å². The monoisotopic (exact) mass is 233 g/mol. The van der Waals surface area contributed by atoms with Gasteiger partial charge in [0.25, 0.3) is 0 Å². The van der Waals surface area contributed by atoms with Crippen molar-refractivity contribution in [3.63, 3.8) is 0 Å². The van der Waals surface area contributed by atoms with Crippen molar-refractivity contribution in [2.45, 2.75) is 25.8 Å². The van der Waals surface area contributed by atoms with Gasteiger partial charge in [-0.25, -0.2) is 0 Å². The van der Waals surface area contributed by atoms with E-state index >= 15 is 0 Å². The molecule has 0 spiro atoms. The van der Waals surface area contributed by atoms with E-state index in [2.05, 4.69) is 22.5 Å². The van der Waals surface area contributed by atoms with Crippen molar-refractivity contribution < 1.29 is 4.79 Å². The lowest BCUT2D eigenvalue weighted by molar-refractivity contribution is -0.122. The Balaban J connectivity index is 1.63. The molecule has 0 aromatic carbocycles. The van der Waals surface area contributed by atoms with Gasteiger partial charge in [-0.15, -0.1) is 0 Å². The second-order valence-corrected chi connectivity index (χ2v) is 4.50. The van der Waals surface area contributed by atoms with Crippen molar-refractivity contribution in [1.82, 2.24) is 15.6 Å². The van der Waals surface area contributed by atoms with Crippen LogP contribution in [0.15, 0.2) is 24.4 Å². The van der Waals surface area contributed by atoms with Gasteiger partial charge < -0.3 is 10.6 Å². The molecule has 17 heavy (non-hydrogen) atoms. The Morgan fingerprint density at radius 1 is 1.47 bits per heavy atom. The summed E-state index contributed by atoms with van der Waals surface area (Å²) < 4.78 is 0. The molecule has 1 unspecified atom stereocenters. The van der Waals surface area contributed by atoms with Gasteiger partial charge in [-0.2, -0.15) is 0 Å². The summed E-state index contributed by atoms with van der Waals surface area (Å²) in [5.41, 5.74) is 1.03. The van der Waals surface area contributed by atoms with Crippen LogP contribution in [0.25, 0.3) is 0 Å². The Morgan fingerprint density at radius 3 is 2.94 bits per heavy atom. The van der Waals surface area contributed by atoms with Crippen molar-refractivity contribution >= 4 is 5.91 Å². The van der Waals surface area contributed by atoms with E-state index in [9.17, 15) is 4.79 Å². The largest absolute Gasteiger partial charge is 0.355 e. The molecule has 4 heteroatoms. The third-order valence-electron chi connectivity index (χ3n) is 2.95. The number of pyridine rings is 1. The van der Waals surface area contributed by atoms with E-state index in [0.717, 1.165) is 25.1 Å². The van der Waals surface area contributed by atoms with Gasteiger partial charge in [0.05, 0.1) is 5.69 Å². The first-order chi connectivity index (χ1) is 8.27. The van der Waals surface area contributed by atoms with Crippen LogP contribution in [0.3, 0.4) is 0 Å². The summed E-state index contributed by atoms with van der Waals surface area (Å²) >= 11 is 0. The molecule has 1 atom stereocenters. The summed E-state index contributed by atoms with van der Waals surface area (Å²) in [6, 6.07) is 6.11. The number of carbonyl (C=O) groups excluding carboxylic acids is 1. The average Bonchev–Trinajstić information content (AvgIpc) is 3.19. The number of amides is 1. The van der Waals surface area contributed by atoms with Crippen LogP contribution < -0.4 is 10.6 Å². The van der Waals surface area contributed by atoms with Crippen LogP contribution in [0.2, 0.25) is 0 Å². The average molecular weight is 233 g/mol. The zero-order valence-electron chi connectivity index (χ0n) is 10.1. The molecule has 0 bridgehead atoms. The molecule has 1 aromatic rings. The standard InChI is InChI=1S/C13H19N3O/c1-10(12-4-2-3-7-15-12)14-8-9-16-13(17)11-5-6-11/h2-4,7,10-11,14H,5-6,8-9H2,1H3,(H,16,17). The second kappa shape index (κ2) is 5.77. The van der Waals surface area contributed by atoms with Crippen molar-refractivity contribution in [3.8, 4) is 0 Å². The molecule has 1 heterocycles. The maximum Gasteiger partial charge on any atom is 0.223 e. The van der Waals surface area contributed by atoms with Gasteiger partial charge in [-0.05, 0) is 31.9 Å². The molecule has 0 aliphatic heterocycles. The Bertz CT molecular complexity index is 362. The first-order valence-electron chi connectivity index (χ1n) is 6.19. The van der Waals surface area contributed by atoms with E-state index in [1.54, 1.807) is 6.20 Å². The summed E-state index contributed by atoms with van der Waals surface area (Å²) in [5, 5.41) is 6.27. The highest BCUT2D eigenvalue weighted by molar-refractivity contribution is 5.80. The van der Waals surface area contributed by atoms with Crippen LogP contribution in [0.5, 0.6) is 0 Å². The molecule has 1 saturated carbocycles. The predicted octanol–water partition coefficient (Wildman–Crippen LogP) is 1.26. The summed E-state index contributed by atoms with van der Waals surface area (Å²) in [4.78, 5) is 15.6. The molecule has 1 aliphatic rings. The van der Waals surface area contributed by atoms with Gasteiger partial charge in [0.1, 0.15) is 0 Å². The lowest BCUT2D eigenvalue weighted by Gasteiger charge is -2.13. The molecule has 1 aliphatic carbocycles. The van der Waals surface area contributed by atoms with Crippen LogP contribution in [-0.2, 0) is 4.79 Å². The van der Waals surface area contributed by atoms with E-state index in [-0.39, 0.29) is 11.9 Å². The van der Waals surface area contributed by atoms with Crippen LogP contribution >= 0.6 is 0 Å². The molecule has 0 saturated heterocycles. The van der Waals surface area contributed by atoms with Gasteiger partial charge in [0.2, 0.25) is 5.91 Å². The number of rotatable bonds is 6. The molecule has 92 valence electrons. The predicted molar refractivity (Wildman–Crippen MR) is 66.4 cm³/mol. The first kappa shape index (κ1) is 12.0. The second-order valence-electron chi connectivity index (χ2n) is 4.50. The molecule has 1 fully saturated rings. The molecule has 1 amide bonds. The van der Waals surface area contributed by atoms with Crippen LogP contribution in [0.1, 0.15) is 31.5 Å². The molecule has 4 nitrogen and oxygen atoms in total. The number of hydrogen-bond acceptors (Lipinski definition) is 3. The Labute approximate surface area is 102 Å². The molecule has 0 radical (unpaired) electrons. The highest BCUT2D eigenvalue weighted by atomic mass is 16.2. The number of aromatic nitrogens is 1. The highest BCUT2D eigenvalue weighted by Gasteiger charge is 2.28. The fourth-order valence-corrected chi connectivity index (χ4v) is 1.70. The number of hydrogen-bond donors (Lipinski definition) is 2. The zero-order valence-corrected chi connectivity index (χ0v) is 10.1. The first-order valence-corrected chi connectivity index (χ1v) is 6.19.